The van der Waals surface area contributed by atoms with Crippen molar-refractivity contribution in [2.24, 2.45) is 10.7 Å². The van der Waals surface area contributed by atoms with Crippen molar-refractivity contribution in [1.82, 2.24) is 4.98 Å². The second-order valence-corrected chi connectivity index (χ2v) is 9.88. The largest absolute Gasteiger partial charge is 0.486 e. The van der Waals surface area contributed by atoms with Crippen molar-refractivity contribution in [3.8, 4) is 11.5 Å². The highest BCUT2D eigenvalue weighted by Gasteiger charge is 2.60. The van der Waals surface area contributed by atoms with Crippen LogP contribution in [0, 0.1) is 5.82 Å². The van der Waals surface area contributed by atoms with E-state index in [1.807, 2.05) is 0 Å². The summed E-state index contributed by atoms with van der Waals surface area (Å²) in [7, 11) is 0. The van der Waals surface area contributed by atoms with E-state index in [1.54, 1.807) is 0 Å². The fraction of sp³-hybridized carbons (Fsp3) is 0.364. The fourth-order valence-electron chi connectivity index (χ4n) is 3.44. The molecule has 3 heterocycles. The Morgan fingerprint density at radius 3 is 2.53 bits per heavy atom. The van der Waals surface area contributed by atoms with Crippen LogP contribution in [0.5, 0.6) is 11.5 Å². The molecule has 32 heavy (non-hydrogen) atoms. The van der Waals surface area contributed by atoms with Gasteiger partial charge in [0.25, 0.3) is 0 Å². The van der Waals surface area contributed by atoms with Crippen molar-refractivity contribution in [3.05, 3.63) is 53.1 Å². The molecule has 1 aromatic heterocycles. The summed E-state index contributed by atoms with van der Waals surface area (Å²) >= 11 is 0.313. The maximum Gasteiger partial charge on any atom is 0.323 e. The lowest BCUT2D eigenvalue weighted by Crippen LogP contribution is -2.52. The Balaban J connectivity index is 1.74. The molecule has 170 valence electrons. The summed E-state index contributed by atoms with van der Waals surface area (Å²) in [4.78, 5) is 8.00. The quantitative estimate of drug-likeness (QED) is 0.633. The highest BCUT2D eigenvalue weighted by Crippen LogP contribution is 2.56. The van der Waals surface area contributed by atoms with Gasteiger partial charge in [-0.05, 0) is 44.5 Å². The minimum Gasteiger partial charge on any atom is -0.486 e. The standard InChI is InChI=1S/C22H21F4N3O2S/c1-20(2)19(27)29-21(3,22(25,26)32-20)13-8-12(4-5-14(13)23)9-15(24)16-10-17-18(11-28-16)31-7-6-30-17/h4-5,8-11H,6-7H2,1-3H3,(H2,27,29)/b15-9-/t21-/m1/s1. The molecule has 2 aliphatic heterocycles. The Hall–Kier alpha value is -2.75. The van der Waals surface area contributed by atoms with E-state index in [4.69, 9.17) is 15.2 Å². The molecule has 1 aromatic carbocycles. The third-order valence-corrected chi connectivity index (χ3v) is 6.77. The molecule has 0 radical (unpaired) electrons. The first-order chi connectivity index (χ1) is 14.9. The number of hydrogen-bond acceptors (Lipinski definition) is 6. The van der Waals surface area contributed by atoms with Gasteiger partial charge in [-0.25, -0.2) is 13.8 Å². The van der Waals surface area contributed by atoms with Gasteiger partial charge in [-0.3, -0.25) is 4.99 Å². The summed E-state index contributed by atoms with van der Waals surface area (Å²) in [5.74, 6) is -0.913. The van der Waals surface area contributed by atoms with Crippen LogP contribution >= 0.6 is 11.8 Å². The minimum absolute atomic E-state index is 0.0251. The Bertz CT molecular complexity index is 1140. The Kier molecular flexibility index (Phi) is 5.39. The smallest absolute Gasteiger partial charge is 0.323 e. The van der Waals surface area contributed by atoms with E-state index in [2.05, 4.69) is 9.98 Å². The number of halogens is 4. The van der Waals surface area contributed by atoms with Gasteiger partial charge in [0, 0.05) is 11.6 Å². The number of amidine groups is 1. The summed E-state index contributed by atoms with van der Waals surface area (Å²) in [6.07, 6.45) is 2.42. The number of thioether (sulfide) groups is 1. The molecular formula is C22H21F4N3O2S. The Labute approximate surface area is 186 Å². The summed E-state index contributed by atoms with van der Waals surface area (Å²) in [5.41, 5.74) is 3.40. The normalized spacial score (nSPS) is 24.1. The molecule has 0 fully saturated rings. The predicted molar refractivity (Wildman–Crippen MR) is 116 cm³/mol. The molecule has 2 aliphatic rings. The first-order valence-corrected chi connectivity index (χ1v) is 10.6. The maximum atomic E-state index is 15.1. The van der Waals surface area contributed by atoms with Gasteiger partial charge < -0.3 is 15.2 Å². The monoisotopic (exact) mass is 467 g/mol. The molecule has 0 saturated carbocycles. The van der Waals surface area contributed by atoms with Gasteiger partial charge in [-0.1, -0.05) is 17.8 Å². The molecule has 5 nitrogen and oxygen atoms in total. The zero-order valence-electron chi connectivity index (χ0n) is 17.6. The van der Waals surface area contributed by atoms with Crippen LogP contribution in [0.15, 0.2) is 35.5 Å². The van der Waals surface area contributed by atoms with Gasteiger partial charge in [0.15, 0.2) is 17.0 Å². The van der Waals surface area contributed by atoms with Crippen LogP contribution in [0.25, 0.3) is 11.9 Å². The highest BCUT2D eigenvalue weighted by atomic mass is 32.2. The lowest BCUT2D eigenvalue weighted by molar-refractivity contribution is 0.0196. The molecule has 1 atom stereocenters. The Morgan fingerprint density at radius 1 is 1.12 bits per heavy atom. The summed E-state index contributed by atoms with van der Waals surface area (Å²) in [5, 5.41) is -3.46. The molecule has 0 bridgehead atoms. The molecule has 0 unspecified atom stereocenters. The number of ether oxygens (including phenoxy) is 2. The number of rotatable bonds is 3. The van der Waals surface area contributed by atoms with Crippen LogP contribution in [0.4, 0.5) is 17.6 Å². The minimum atomic E-state index is -3.46. The maximum absolute atomic E-state index is 15.1. The lowest BCUT2D eigenvalue weighted by atomic mass is 9.89. The lowest BCUT2D eigenvalue weighted by Gasteiger charge is -2.43. The van der Waals surface area contributed by atoms with E-state index in [0.29, 0.717) is 36.5 Å². The topological polar surface area (TPSA) is 69.7 Å². The van der Waals surface area contributed by atoms with E-state index < -0.39 is 27.2 Å². The number of nitrogens with two attached hydrogens (primary N) is 1. The third kappa shape index (κ3) is 3.80. The number of hydrogen-bond donors (Lipinski definition) is 1. The number of aliphatic imine (C=N–C) groups is 1. The molecule has 2 aromatic rings. The molecule has 0 amide bonds. The van der Waals surface area contributed by atoms with Crippen LogP contribution < -0.4 is 15.2 Å². The number of aromatic nitrogens is 1. The van der Waals surface area contributed by atoms with Crippen LogP contribution in [-0.2, 0) is 5.54 Å². The van der Waals surface area contributed by atoms with E-state index in [9.17, 15) is 8.78 Å². The first kappa shape index (κ1) is 22.4. The van der Waals surface area contributed by atoms with Crippen molar-refractivity contribution >= 4 is 29.5 Å². The summed E-state index contributed by atoms with van der Waals surface area (Å²) in [6.45, 7) is 4.86. The van der Waals surface area contributed by atoms with Crippen molar-refractivity contribution in [1.29, 1.82) is 0 Å². The van der Waals surface area contributed by atoms with E-state index in [1.165, 1.54) is 32.2 Å². The van der Waals surface area contributed by atoms with E-state index in [-0.39, 0.29) is 22.7 Å². The summed E-state index contributed by atoms with van der Waals surface area (Å²) < 4.78 is 69.5. The van der Waals surface area contributed by atoms with Gasteiger partial charge in [-0.15, -0.1) is 0 Å². The highest BCUT2D eigenvalue weighted by molar-refractivity contribution is 8.02. The van der Waals surface area contributed by atoms with Crippen molar-refractivity contribution in [3.63, 3.8) is 0 Å². The Morgan fingerprint density at radius 2 is 1.81 bits per heavy atom. The van der Waals surface area contributed by atoms with Gasteiger partial charge in [0.2, 0.25) is 0 Å². The van der Waals surface area contributed by atoms with Crippen LogP contribution in [0.1, 0.15) is 37.6 Å². The van der Waals surface area contributed by atoms with Gasteiger partial charge in [0.05, 0.1) is 10.9 Å². The second-order valence-electron chi connectivity index (χ2n) is 8.14. The molecular weight excluding hydrogens is 446 g/mol. The predicted octanol–water partition coefficient (Wildman–Crippen LogP) is 5.15. The first-order valence-electron chi connectivity index (χ1n) is 9.80. The third-order valence-electron chi connectivity index (χ3n) is 5.39. The molecule has 10 heteroatoms. The second kappa shape index (κ2) is 7.68. The number of nitrogens with zero attached hydrogens (tertiary/aromatic N) is 2. The number of alkyl halides is 2. The van der Waals surface area contributed by atoms with Crippen LogP contribution in [0.2, 0.25) is 0 Å². The summed E-state index contributed by atoms with van der Waals surface area (Å²) in [6, 6.07) is 4.82. The molecule has 0 spiro atoms. The average Bonchev–Trinajstić information content (AvgIpc) is 2.72. The average molecular weight is 467 g/mol. The number of benzene rings is 1. The van der Waals surface area contributed by atoms with Gasteiger partial charge >= 0.3 is 5.25 Å². The molecule has 2 N–H and O–H groups in total. The molecule has 4 rings (SSSR count). The zero-order valence-corrected chi connectivity index (χ0v) is 18.4. The number of fused-ring (bicyclic) bond motifs is 1. The number of pyridine rings is 1. The van der Waals surface area contributed by atoms with Crippen molar-refractivity contribution in [2.75, 3.05) is 13.2 Å². The van der Waals surface area contributed by atoms with Crippen molar-refractivity contribution < 1.29 is 27.0 Å². The SMILES string of the molecule is CC1(C)SC(F)(F)[C@@](C)(c2cc(/C=C(\F)c3cc4c(cn3)OCCO4)ccc2F)N=C1N. The van der Waals surface area contributed by atoms with Gasteiger partial charge in [-0.2, -0.15) is 8.78 Å². The van der Waals surface area contributed by atoms with E-state index in [0.717, 1.165) is 25.1 Å². The zero-order chi connectivity index (χ0) is 23.3. The van der Waals surface area contributed by atoms with Crippen LogP contribution in [0.3, 0.4) is 0 Å². The van der Waals surface area contributed by atoms with Gasteiger partial charge in [0.1, 0.15) is 36.4 Å². The molecule has 0 saturated heterocycles. The fourth-order valence-corrected chi connectivity index (χ4v) is 4.58. The van der Waals surface area contributed by atoms with Crippen LogP contribution in [-0.4, -0.2) is 34.0 Å². The van der Waals surface area contributed by atoms with Crippen molar-refractivity contribution in [2.45, 2.75) is 36.3 Å². The van der Waals surface area contributed by atoms with E-state index >= 15 is 8.78 Å². The molecule has 0 aliphatic carbocycles.